The van der Waals surface area contributed by atoms with Gasteiger partial charge in [0.15, 0.2) is 0 Å². The highest BCUT2D eigenvalue weighted by Crippen LogP contribution is 2.28. The summed E-state index contributed by atoms with van der Waals surface area (Å²) in [5.74, 6) is -1.06. The molecule has 3 N–H and O–H groups in total. The zero-order valence-electron chi connectivity index (χ0n) is 11.9. The van der Waals surface area contributed by atoms with Gasteiger partial charge < -0.3 is 15.6 Å². The normalized spacial score (nSPS) is 13.6. The standard InChI is InChI=1S/C17H19NO3/c1-12-7-5-6-10-14(12)16(13-8-3-2-4-9-13)21-11-15(18)17(19)20/h2-10,15-16H,11,18H2,1H3,(H,19,20)/t15-,16-/m0/s1. The summed E-state index contributed by atoms with van der Waals surface area (Å²) in [7, 11) is 0. The van der Waals surface area contributed by atoms with Crippen LogP contribution in [0.2, 0.25) is 0 Å². The summed E-state index contributed by atoms with van der Waals surface area (Å²) in [5, 5.41) is 8.89. The highest BCUT2D eigenvalue weighted by atomic mass is 16.5. The molecule has 0 amide bonds. The molecule has 110 valence electrons. The number of rotatable bonds is 6. The largest absolute Gasteiger partial charge is 0.480 e. The number of hydrogen-bond acceptors (Lipinski definition) is 3. The molecular formula is C17H19NO3. The summed E-state index contributed by atoms with van der Waals surface area (Å²) in [5.41, 5.74) is 8.62. The fourth-order valence-corrected chi connectivity index (χ4v) is 2.15. The third kappa shape index (κ3) is 3.90. The van der Waals surface area contributed by atoms with E-state index in [0.29, 0.717) is 0 Å². The molecule has 0 bridgehead atoms. The Bertz CT molecular complexity index is 598. The van der Waals surface area contributed by atoms with Crippen LogP contribution in [0, 0.1) is 6.92 Å². The first kappa shape index (κ1) is 15.2. The second-order valence-corrected chi connectivity index (χ2v) is 4.93. The number of nitrogens with two attached hydrogens (primary N) is 1. The molecule has 0 spiro atoms. The number of aliphatic carboxylic acids is 1. The van der Waals surface area contributed by atoms with Gasteiger partial charge in [-0.05, 0) is 23.6 Å². The first-order valence-corrected chi connectivity index (χ1v) is 6.80. The Morgan fingerprint density at radius 1 is 1.14 bits per heavy atom. The van der Waals surface area contributed by atoms with Crippen molar-refractivity contribution in [2.45, 2.75) is 19.1 Å². The summed E-state index contributed by atoms with van der Waals surface area (Å²) in [6.07, 6.45) is -0.321. The second kappa shape index (κ2) is 7.02. The monoisotopic (exact) mass is 285 g/mol. The maximum atomic E-state index is 10.8. The van der Waals surface area contributed by atoms with Gasteiger partial charge in [-0.25, -0.2) is 0 Å². The molecular weight excluding hydrogens is 266 g/mol. The fraction of sp³-hybridized carbons (Fsp3) is 0.235. The van der Waals surface area contributed by atoms with E-state index in [-0.39, 0.29) is 12.7 Å². The van der Waals surface area contributed by atoms with Crippen molar-refractivity contribution in [2.24, 2.45) is 5.73 Å². The van der Waals surface area contributed by atoms with Gasteiger partial charge in [0, 0.05) is 0 Å². The van der Waals surface area contributed by atoms with Gasteiger partial charge in [-0.3, -0.25) is 4.79 Å². The number of carboxylic acids is 1. The summed E-state index contributed by atoms with van der Waals surface area (Å²) in [4.78, 5) is 10.8. The van der Waals surface area contributed by atoms with Crippen LogP contribution in [0.4, 0.5) is 0 Å². The minimum Gasteiger partial charge on any atom is -0.480 e. The summed E-state index contributed by atoms with van der Waals surface area (Å²) < 4.78 is 5.81. The van der Waals surface area contributed by atoms with Crippen LogP contribution in [0.25, 0.3) is 0 Å². The molecule has 0 aliphatic rings. The van der Waals surface area contributed by atoms with Crippen LogP contribution < -0.4 is 5.73 Å². The maximum Gasteiger partial charge on any atom is 0.322 e. The Morgan fingerprint density at radius 3 is 2.38 bits per heavy atom. The van der Waals surface area contributed by atoms with Crippen molar-refractivity contribution >= 4 is 5.97 Å². The van der Waals surface area contributed by atoms with E-state index in [4.69, 9.17) is 15.6 Å². The number of benzene rings is 2. The van der Waals surface area contributed by atoms with Crippen LogP contribution in [-0.4, -0.2) is 23.7 Å². The number of carbonyl (C=O) groups is 1. The van der Waals surface area contributed by atoms with E-state index < -0.39 is 12.0 Å². The van der Waals surface area contributed by atoms with Gasteiger partial charge in [-0.2, -0.15) is 0 Å². The van der Waals surface area contributed by atoms with Crippen molar-refractivity contribution in [3.05, 3.63) is 71.3 Å². The van der Waals surface area contributed by atoms with Crippen LogP contribution in [0.1, 0.15) is 22.8 Å². The van der Waals surface area contributed by atoms with Crippen molar-refractivity contribution < 1.29 is 14.6 Å². The van der Waals surface area contributed by atoms with Crippen molar-refractivity contribution in [1.82, 2.24) is 0 Å². The Hall–Kier alpha value is -2.17. The molecule has 0 aliphatic carbocycles. The number of ether oxygens (including phenoxy) is 1. The predicted octanol–water partition coefficient (Wildman–Crippen LogP) is 2.51. The average molecular weight is 285 g/mol. The van der Waals surface area contributed by atoms with Crippen LogP contribution in [0.3, 0.4) is 0 Å². The van der Waals surface area contributed by atoms with Gasteiger partial charge in [-0.15, -0.1) is 0 Å². The Kier molecular flexibility index (Phi) is 5.09. The molecule has 2 rings (SSSR count). The Morgan fingerprint density at radius 2 is 1.76 bits per heavy atom. The second-order valence-electron chi connectivity index (χ2n) is 4.93. The third-order valence-electron chi connectivity index (χ3n) is 3.33. The van der Waals surface area contributed by atoms with Gasteiger partial charge in [0.2, 0.25) is 0 Å². The molecule has 0 aromatic heterocycles. The zero-order valence-corrected chi connectivity index (χ0v) is 11.9. The molecule has 4 heteroatoms. The number of aryl methyl sites for hydroxylation is 1. The molecule has 21 heavy (non-hydrogen) atoms. The van der Waals surface area contributed by atoms with E-state index in [9.17, 15) is 4.79 Å². The number of carboxylic acid groups (broad SMARTS) is 1. The topological polar surface area (TPSA) is 72.5 Å². The fourth-order valence-electron chi connectivity index (χ4n) is 2.15. The van der Waals surface area contributed by atoms with Crippen LogP contribution in [0.15, 0.2) is 54.6 Å². The highest BCUT2D eigenvalue weighted by molar-refractivity contribution is 5.73. The van der Waals surface area contributed by atoms with Gasteiger partial charge in [0.05, 0.1) is 6.61 Å². The van der Waals surface area contributed by atoms with Gasteiger partial charge in [0.25, 0.3) is 0 Å². The number of hydrogen-bond donors (Lipinski definition) is 2. The first-order valence-electron chi connectivity index (χ1n) is 6.80. The van der Waals surface area contributed by atoms with Crippen LogP contribution in [0.5, 0.6) is 0 Å². The summed E-state index contributed by atoms with van der Waals surface area (Å²) in [6, 6.07) is 16.6. The molecule has 0 radical (unpaired) electrons. The quantitative estimate of drug-likeness (QED) is 0.855. The highest BCUT2D eigenvalue weighted by Gasteiger charge is 2.20. The van der Waals surface area contributed by atoms with E-state index in [0.717, 1.165) is 16.7 Å². The molecule has 0 saturated heterocycles. The third-order valence-corrected chi connectivity index (χ3v) is 3.33. The minimum atomic E-state index is -1.06. The minimum absolute atomic E-state index is 0.0385. The summed E-state index contributed by atoms with van der Waals surface area (Å²) in [6.45, 7) is 1.97. The molecule has 0 fully saturated rings. The Labute approximate surface area is 124 Å². The van der Waals surface area contributed by atoms with Gasteiger partial charge in [-0.1, -0.05) is 54.6 Å². The molecule has 0 saturated carbocycles. The van der Waals surface area contributed by atoms with E-state index in [1.54, 1.807) is 0 Å². The lowest BCUT2D eigenvalue weighted by molar-refractivity contribution is -0.140. The van der Waals surface area contributed by atoms with E-state index in [1.165, 1.54) is 0 Å². The predicted molar refractivity (Wildman–Crippen MR) is 81.0 cm³/mol. The molecule has 0 unspecified atom stereocenters. The van der Waals surface area contributed by atoms with Crippen molar-refractivity contribution in [2.75, 3.05) is 6.61 Å². The lowest BCUT2D eigenvalue weighted by Gasteiger charge is -2.21. The average Bonchev–Trinajstić information content (AvgIpc) is 2.50. The molecule has 4 nitrogen and oxygen atoms in total. The molecule has 2 atom stereocenters. The lowest BCUT2D eigenvalue weighted by Crippen LogP contribution is -2.35. The summed E-state index contributed by atoms with van der Waals surface area (Å²) >= 11 is 0. The molecule has 0 heterocycles. The van der Waals surface area contributed by atoms with E-state index in [2.05, 4.69) is 0 Å². The van der Waals surface area contributed by atoms with Crippen molar-refractivity contribution in [3.63, 3.8) is 0 Å². The van der Waals surface area contributed by atoms with Crippen molar-refractivity contribution in [3.8, 4) is 0 Å². The van der Waals surface area contributed by atoms with Gasteiger partial charge >= 0.3 is 5.97 Å². The SMILES string of the molecule is Cc1ccccc1[C@@H](OC[C@H](N)C(=O)O)c1ccccc1. The molecule has 2 aromatic carbocycles. The molecule has 0 aliphatic heterocycles. The lowest BCUT2D eigenvalue weighted by atomic mass is 9.97. The van der Waals surface area contributed by atoms with E-state index >= 15 is 0 Å². The molecule has 2 aromatic rings. The first-order chi connectivity index (χ1) is 10.1. The van der Waals surface area contributed by atoms with E-state index in [1.807, 2.05) is 61.5 Å². The maximum absolute atomic E-state index is 10.8. The van der Waals surface area contributed by atoms with Gasteiger partial charge in [0.1, 0.15) is 12.1 Å². The zero-order chi connectivity index (χ0) is 15.2. The van der Waals surface area contributed by atoms with Crippen LogP contribution >= 0.6 is 0 Å². The van der Waals surface area contributed by atoms with Crippen molar-refractivity contribution in [1.29, 1.82) is 0 Å². The Balaban J connectivity index is 2.28. The smallest absolute Gasteiger partial charge is 0.322 e. The van der Waals surface area contributed by atoms with Crippen LogP contribution in [-0.2, 0) is 9.53 Å².